The zero-order valence-corrected chi connectivity index (χ0v) is 12.2. The molecule has 0 unspecified atom stereocenters. The number of nitrogens with zero attached hydrogens (tertiary/aromatic N) is 1. The van der Waals surface area contributed by atoms with Gasteiger partial charge in [0.15, 0.2) is 5.79 Å². The van der Waals surface area contributed by atoms with E-state index >= 15 is 0 Å². The molecule has 0 saturated carbocycles. The predicted octanol–water partition coefficient (Wildman–Crippen LogP) is 1.77. The Bertz CT molecular complexity index is 462. The molecule has 3 rings (SSSR count). The minimum Gasteiger partial charge on any atom is -0.392 e. The van der Waals surface area contributed by atoms with Crippen molar-refractivity contribution in [2.75, 3.05) is 19.7 Å². The van der Waals surface area contributed by atoms with Crippen molar-refractivity contribution in [3.05, 3.63) is 35.9 Å². The largest absolute Gasteiger partial charge is 0.392 e. The highest BCUT2D eigenvalue weighted by atomic mass is 16.8. The molecule has 0 aromatic heterocycles. The van der Waals surface area contributed by atoms with Gasteiger partial charge in [0.2, 0.25) is 0 Å². The molecule has 0 radical (unpaired) electrons. The minimum absolute atomic E-state index is 0.357. The predicted molar refractivity (Wildman–Crippen MR) is 76.2 cm³/mol. The summed E-state index contributed by atoms with van der Waals surface area (Å²) < 4.78 is 11.8. The van der Waals surface area contributed by atoms with Crippen molar-refractivity contribution in [1.82, 2.24) is 4.90 Å². The molecule has 1 N–H and O–H groups in total. The van der Waals surface area contributed by atoms with E-state index in [-0.39, 0.29) is 11.7 Å². The monoisotopic (exact) mass is 277 g/mol. The van der Waals surface area contributed by atoms with Crippen LogP contribution in [0.2, 0.25) is 0 Å². The summed E-state index contributed by atoms with van der Waals surface area (Å²) in [4.78, 5) is 2.26. The highest BCUT2D eigenvalue weighted by molar-refractivity contribution is 5.15. The first-order chi connectivity index (χ1) is 9.46. The number of hydrogen-bond donors (Lipinski definition) is 1. The molecule has 110 valence electrons. The van der Waals surface area contributed by atoms with Crippen LogP contribution in [0.4, 0.5) is 0 Å². The molecule has 0 bridgehead atoms. The molecule has 1 aromatic carbocycles. The SMILES string of the molecule is CC1(C)OC[C@]2(C[C@H](O)CN(Cc3ccccc3)C2)O1. The lowest BCUT2D eigenvalue weighted by atomic mass is 9.91. The third kappa shape index (κ3) is 3.04. The van der Waals surface area contributed by atoms with Gasteiger partial charge in [-0.05, 0) is 19.4 Å². The maximum atomic E-state index is 10.2. The van der Waals surface area contributed by atoms with Crippen molar-refractivity contribution in [2.45, 2.75) is 44.3 Å². The standard InChI is InChI=1S/C16H23NO3/c1-15(2)19-12-16(20-15)8-14(18)10-17(11-16)9-13-6-4-3-5-7-13/h3-7,14,18H,8-12H2,1-2H3/t14-,16+/m0/s1. The van der Waals surface area contributed by atoms with Gasteiger partial charge in [0, 0.05) is 26.1 Å². The fourth-order valence-corrected chi connectivity index (χ4v) is 3.35. The lowest BCUT2D eigenvalue weighted by Crippen LogP contribution is -2.55. The molecular weight excluding hydrogens is 254 g/mol. The van der Waals surface area contributed by atoms with Gasteiger partial charge in [-0.25, -0.2) is 0 Å². The second kappa shape index (κ2) is 5.11. The topological polar surface area (TPSA) is 41.9 Å². The molecule has 0 aliphatic carbocycles. The van der Waals surface area contributed by atoms with Crippen molar-refractivity contribution in [3.63, 3.8) is 0 Å². The van der Waals surface area contributed by atoms with Crippen LogP contribution in [-0.2, 0) is 16.0 Å². The van der Waals surface area contributed by atoms with E-state index in [1.54, 1.807) is 0 Å². The van der Waals surface area contributed by atoms with Gasteiger partial charge in [-0.3, -0.25) is 4.90 Å². The number of ether oxygens (including phenoxy) is 2. The number of rotatable bonds is 2. The fraction of sp³-hybridized carbons (Fsp3) is 0.625. The maximum absolute atomic E-state index is 10.2. The van der Waals surface area contributed by atoms with Crippen molar-refractivity contribution in [1.29, 1.82) is 0 Å². The smallest absolute Gasteiger partial charge is 0.163 e. The maximum Gasteiger partial charge on any atom is 0.163 e. The Hall–Kier alpha value is -0.940. The summed E-state index contributed by atoms with van der Waals surface area (Å²) in [5.41, 5.74) is 0.894. The zero-order valence-electron chi connectivity index (χ0n) is 12.2. The van der Waals surface area contributed by atoms with Crippen molar-refractivity contribution >= 4 is 0 Å². The Balaban J connectivity index is 1.71. The van der Waals surface area contributed by atoms with Crippen LogP contribution < -0.4 is 0 Å². The zero-order chi connectivity index (χ0) is 14.2. The number of benzene rings is 1. The summed E-state index contributed by atoms with van der Waals surface area (Å²) >= 11 is 0. The van der Waals surface area contributed by atoms with Crippen molar-refractivity contribution in [2.24, 2.45) is 0 Å². The Morgan fingerprint density at radius 1 is 1.30 bits per heavy atom. The number of aliphatic hydroxyl groups is 1. The van der Waals surface area contributed by atoms with Gasteiger partial charge in [-0.2, -0.15) is 0 Å². The molecule has 2 fully saturated rings. The number of β-amino-alcohol motifs (C(OH)–C–C–N with tert-alkyl or cyclic N) is 1. The Labute approximate surface area is 120 Å². The van der Waals surface area contributed by atoms with E-state index in [0.29, 0.717) is 19.6 Å². The molecule has 1 aromatic rings. The quantitative estimate of drug-likeness (QED) is 0.894. The summed E-state index contributed by atoms with van der Waals surface area (Å²) in [5, 5.41) is 10.2. The van der Waals surface area contributed by atoms with E-state index in [1.807, 2.05) is 32.0 Å². The molecule has 1 spiro atoms. The first-order valence-electron chi connectivity index (χ1n) is 7.25. The molecule has 0 amide bonds. The van der Waals surface area contributed by atoms with Crippen LogP contribution >= 0.6 is 0 Å². The van der Waals surface area contributed by atoms with Gasteiger partial charge < -0.3 is 14.6 Å². The van der Waals surface area contributed by atoms with E-state index in [9.17, 15) is 5.11 Å². The van der Waals surface area contributed by atoms with Crippen molar-refractivity contribution in [3.8, 4) is 0 Å². The van der Waals surface area contributed by atoms with Crippen LogP contribution in [0, 0.1) is 0 Å². The van der Waals surface area contributed by atoms with Crippen molar-refractivity contribution < 1.29 is 14.6 Å². The van der Waals surface area contributed by atoms with Gasteiger partial charge in [0.25, 0.3) is 0 Å². The molecule has 2 atom stereocenters. The lowest BCUT2D eigenvalue weighted by Gasteiger charge is -2.41. The lowest BCUT2D eigenvalue weighted by molar-refractivity contribution is -0.181. The van der Waals surface area contributed by atoms with Crippen LogP contribution in [0.3, 0.4) is 0 Å². The number of piperidine rings is 1. The van der Waals surface area contributed by atoms with Gasteiger partial charge in [-0.15, -0.1) is 0 Å². The first-order valence-corrected chi connectivity index (χ1v) is 7.25. The third-order valence-corrected chi connectivity index (χ3v) is 3.98. The van der Waals surface area contributed by atoms with Crippen LogP contribution in [0.25, 0.3) is 0 Å². The Morgan fingerprint density at radius 3 is 2.70 bits per heavy atom. The van der Waals surface area contributed by atoms with Crippen LogP contribution in [0.1, 0.15) is 25.8 Å². The minimum atomic E-state index is -0.546. The second-order valence-electron chi connectivity index (χ2n) is 6.49. The van der Waals surface area contributed by atoms with Gasteiger partial charge in [-0.1, -0.05) is 30.3 Å². The summed E-state index contributed by atoms with van der Waals surface area (Å²) in [5.74, 6) is -0.546. The number of aliphatic hydroxyl groups excluding tert-OH is 1. The average Bonchev–Trinajstić information content (AvgIpc) is 2.64. The van der Waals surface area contributed by atoms with E-state index < -0.39 is 5.79 Å². The molecule has 2 aliphatic heterocycles. The third-order valence-electron chi connectivity index (χ3n) is 3.98. The Morgan fingerprint density at radius 2 is 2.05 bits per heavy atom. The Kier molecular flexibility index (Phi) is 3.58. The first kappa shape index (κ1) is 14.0. The van der Waals surface area contributed by atoms with Crippen LogP contribution in [-0.4, -0.2) is 47.2 Å². The van der Waals surface area contributed by atoms with E-state index in [2.05, 4.69) is 17.0 Å². The fourth-order valence-electron chi connectivity index (χ4n) is 3.35. The molecule has 20 heavy (non-hydrogen) atoms. The highest BCUT2D eigenvalue weighted by Gasteiger charge is 2.49. The molecule has 4 heteroatoms. The summed E-state index contributed by atoms with van der Waals surface area (Å²) in [6.45, 7) is 6.77. The summed E-state index contributed by atoms with van der Waals surface area (Å²) in [6.07, 6.45) is 0.298. The van der Waals surface area contributed by atoms with E-state index in [1.165, 1.54) is 5.56 Å². The van der Waals surface area contributed by atoms with Crippen LogP contribution in [0.5, 0.6) is 0 Å². The molecular formula is C16H23NO3. The molecule has 4 nitrogen and oxygen atoms in total. The summed E-state index contributed by atoms with van der Waals surface area (Å²) in [6, 6.07) is 10.3. The average molecular weight is 277 g/mol. The van der Waals surface area contributed by atoms with E-state index in [4.69, 9.17) is 9.47 Å². The number of likely N-dealkylation sites (tertiary alicyclic amines) is 1. The molecule has 2 saturated heterocycles. The van der Waals surface area contributed by atoms with Crippen LogP contribution in [0.15, 0.2) is 30.3 Å². The molecule has 2 aliphatic rings. The second-order valence-corrected chi connectivity index (χ2v) is 6.49. The van der Waals surface area contributed by atoms with Gasteiger partial charge in [0.1, 0.15) is 5.60 Å². The number of hydrogen-bond acceptors (Lipinski definition) is 4. The van der Waals surface area contributed by atoms with Gasteiger partial charge >= 0.3 is 0 Å². The normalized spacial score (nSPS) is 33.6. The highest BCUT2D eigenvalue weighted by Crippen LogP contribution is 2.37. The van der Waals surface area contributed by atoms with Gasteiger partial charge in [0.05, 0.1) is 12.7 Å². The molecule has 2 heterocycles. The van der Waals surface area contributed by atoms with E-state index in [0.717, 1.165) is 13.1 Å². The summed E-state index contributed by atoms with van der Waals surface area (Å²) in [7, 11) is 0.